The van der Waals surface area contributed by atoms with E-state index in [0.29, 0.717) is 6.04 Å². The number of amides is 2. The second-order valence-corrected chi connectivity index (χ2v) is 21.1. The van der Waals surface area contributed by atoms with E-state index in [2.05, 4.69) is 30.3 Å². The summed E-state index contributed by atoms with van der Waals surface area (Å²) in [5, 5.41) is 111. The van der Waals surface area contributed by atoms with Crippen LogP contribution in [-0.2, 0) is 52.3 Å². The van der Waals surface area contributed by atoms with Crippen LogP contribution < -0.4 is 10.6 Å². The third-order valence-electron chi connectivity index (χ3n) is 9.66. The lowest BCUT2D eigenvalue weighted by molar-refractivity contribution is -0.381. The number of carbonyl (C=O) groups is 4. The lowest BCUT2D eigenvalue weighted by Gasteiger charge is -2.51. The van der Waals surface area contributed by atoms with E-state index in [4.69, 9.17) is 33.2 Å². The molecule has 330 valence electrons. The molecule has 17 atom stereocenters. The van der Waals surface area contributed by atoms with Crippen molar-refractivity contribution in [3.63, 3.8) is 0 Å². The van der Waals surface area contributed by atoms with Gasteiger partial charge >= 0.3 is 11.9 Å². The SMILES string of the molecule is CC(=O)N[C@H]1[C@H](OCC[Si](C)(C)C)O[C@H](CO[C@@H](C)C(=O)O)[C@H](O)[C@@H]1O[C@@H]1O[C@H](CO)[C@H](O)[C@H](O[C@]2(C(=O)O)C[C@H](O)[C@@H](NC(C)=O)[C@H]([C@@H](O)[C@H](O)CO)O2)[C@H]1O. The van der Waals surface area contributed by atoms with Gasteiger partial charge in [0.1, 0.15) is 67.1 Å². The molecule has 12 N–H and O–H groups in total. The summed E-state index contributed by atoms with van der Waals surface area (Å²) in [4.78, 5) is 48.7. The van der Waals surface area contributed by atoms with Gasteiger partial charge in [-0.25, -0.2) is 9.59 Å². The van der Waals surface area contributed by atoms with Crippen LogP contribution in [0.2, 0.25) is 25.7 Å². The van der Waals surface area contributed by atoms with Gasteiger partial charge in [0.15, 0.2) is 18.7 Å². The summed E-state index contributed by atoms with van der Waals surface area (Å²) in [6, 6.07) is -2.32. The van der Waals surface area contributed by atoms with E-state index in [0.717, 1.165) is 13.8 Å². The monoisotopic (exact) mass is 846 g/mol. The molecular formula is C33H58N2O21Si. The van der Waals surface area contributed by atoms with Gasteiger partial charge in [-0.05, 0) is 13.0 Å². The van der Waals surface area contributed by atoms with Crippen molar-refractivity contribution in [2.24, 2.45) is 0 Å². The van der Waals surface area contributed by atoms with Crippen molar-refractivity contribution in [2.75, 3.05) is 26.4 Å². The summed E-state index contributed by atoms with van der Waals surface area (Å²) < 4.78 is 40.4. The first-order valence-electron chi connectivity index (χ1n) is 18.3. The lowest BCUT2D eigenvalue weighted by atomic mass is 9.88. The molecular weight excluding hydrogens is 788 g/mol. The Balaban J connectivity index is 2.03. The number of nitrogens with one attached hydrogen (secondary N) is 2. The summed E-state index contributed by atoms with van der Waals surface area (Å²) in [6.07, 6.45) is -26.8. The van der Waals surface area contributed by atoms with Gasteiger partial charge in [-0.1, -0.05) is 19.6 Å². The first-order chi connectivity index (χ1) is 26.5. The predicted molar refractivity (Wildman–Crippen MR) is 190 cm³/mol. The van der Waals surface area contributed by atoms with E-state index in [1.165, 1.54) is 6.92 Å². The number of carboxylic acid groups (broad SMARTS) is 2. The van der Waals surface area contributed by atoms with Gasteiger partial charge in [0.2, 0.25) is 11.8 Å². The molecule has 0 radical (unpaired) electrons. The summed E-state index contributed by atoms with van der Waals surface area (Å²) in [6.45, 7) is 7.16. The maximum absolute atomic E-state index is 12.9. The molecule has 3 rings (SSSR count). The highest BCUT2D eigenvalue weighted by Gasteiger charge is 2.60. The number of ether oxygens (including phenoxy) is 7. The smallest absolute Gasteiger partial charge is 0.364 e. The zero-order valence-corrected chi connectivity index (χ0v) is 33.4. The summed E-state index contributed by atoms with van der Waals surface area (Å²) in [5.41, 5.74) is 0. The summed E-state index contributed by atoms with van der Waals surface area (Å²) in [5.74, 6) is -7.78. The highest BCUT2D eigenvalue weighted by Crippen LogP contribution is 2.38. The van der Waals surface area contributed by atoms with Crippen molar-refractivity contribution in [1.29, 1.82) is 0 Å². The minimum absolute atomic E-state index is 0.118. The average molecular weight is 847 g/mol. The molecule has 0 unspecified atom stereocenters. The third-order valence-corrected chi connectivity index (χ3v) is 11.4. The normalized spacial score (nSPS) is 37.8. The van der Waals surface area contributed by atoms with E-state index in [1.807, 2.05) is 0 Å². The molecule has 3 aliphatic rings. The van der Waals surface area contributed by atoms with Crippen LogP contribution in [0.25, 0.3) is 0 Å². The molecule has 3 fully saturated rings. The van der Waals surface area contributed by atoms with Gasteiger partial charge in [0.05, 0.1) is 32.0 Å². The molecule has 2 amide bonds. The van der Waals surface area contributed by atoms with E-state index in [9.17, 15) is 70.2 Å². The number of carbonyl (C=O) groups excluding carboxylic acids is 2. The van der Waals surface area contributed by atoms with Crippen LogP contribution >= 0.6 is 0 Å². The summed E-state index contributed by atoms with van der Waals surface area (Å²) in [7, 11) is -1.70. The van der Waals surface area contributed by atoms with E-state index in [-0.39, 0.29) is 6.61 Å². The van der Waals surface area contributed by atoms with Gasteiger partial charge < -0.3 is 94.9 Å². The van der Waals surface area contributed by atoms with Crippen LogP contribution in [-0.4, -0.2) is 213 Å². The molecule has 3 heterocycles. The Morgan fingerprint density at radius 3 is 1.96 bits per heavy atom. The van der Waals surface area contributed by atoms with Crippen molar-refractivity contribution >= 4 is 31.8 Å². The molecule has 0 aliphatic carbocycles. The molecule has 23 nitrogen and oxygen atoms in total. The van der Waals surface area contributed by atoms with Crippen LogP contribution in [0.5, 0.6) is 0 Å². The first-order valence-corrected chi connectivity index (χ1v) is 22.0. The van der Waals surface area contributed by atoms with Crippen LogP contribution in [0.4, 0.5) is 0 Å². The second kappa shape index (κ2) is 20.6. The number of carboxylic acids is 2. The Morgan fingerprint density at radius 1 is 0.860 bits per heavy atom. The fourth-order valence-electron chi connectivity index (χ4n) is 6.47. The lowest BCUT2D eigenvalue weighted by Crippen LogP contribution is -2.71. The molecule has 3 aliphatic heterocycles. The van der Waals surface area contributed by atoms with Crippen molar-refractivity contribution < 1.29 is 103 Å². The van der Waals surface area contributed by atoms with Crippen LogP contribution in [0, 0.1) is 0 Å². The molecule has 57 heavy (non-hydrogen) atoms. The van der Waals surface area contributed by atoms with Gasteiger partial charge in [-0.3, -0.25) is 9.59 Å². The molecule has 0 aromatic rings. The standard InChI is InChI=1S/C33H58N2O21Si/c1-13(29(46)47)51-12-19-24(44)26(21(35-15(3)39)30(53-19)50-7-8-57(4,5)6)54-31-25(45)28(23(43)18(11-37)52-31)56-33(32(48)49)9-16(40)20(34-14(2)38)27(55-33)22(42)17(41)10-36/h13,16-28,30-31,36-37,40-45H,7-12H2,1-6H3,(H,34,38)(H,35,39)(H,46,47)(H,48,49)/t13-,16-,17+,18+,19+,20+,21+,22-,23-,24-,25+,26+,27+,28-,30+,31-,33-/m0/s1. The quantitative estimate of drug-likeness (QED) is 0.0541. The molecule has 24 heteroatoms. The molecule has 0 aromatic carbocycles. The maximum atomic E-state index is 12.9. The molecule has 0 spiro atoms. The van der Waals surface area contributed by atoms with Crippen molar-refractivity contribution in [3.8, 4) is 0 Å². The van der Waals surface area contributed by atoms with Gasteiger partial charge in [0, 0.05) is 34.9 Å². The minimum Gasteiger partial charge on any atom is -0.479 e. The van der Waals surface area contributed by atoms with Crippen LogP contribution in [0.15, 0.2) is 0 Å². The Hall–Kier alpha value is -2.50. The first kappa shape index (κ1) is 48.9. The number of aliphatic hydroxyl groups excluding tert-OH is 8. The molecule has 3 saturated heterocycles. The van der Waals surface area contributed by atoms with Gasteiger partial charge in [-0.15, -0.1) is 0 Å². The fraction of sp³-hybridized carbons (Fsp3) is 0.879. The average Bonchev–Trinajstić information content (AvgIpc) is 3.11. The molecule has 0 saturated carbocycles. The second-order valence-electron chi connectivity index (χ2n) is 15.5. The largest absolute Gasteiger partial charge is 0.479 e. The van der Waals surface area contributed by atoms with Gasteiger partial charge in [0.25, 0.3) is 5.79 Å². The third kappa shape index (κ3) is 12.5. The Kier molecular flexibility index (Phi) is 17.7. The van der Waals surface area contributed by atoms with Crippen LogP contribution in [0.3, 0.4) is 0 Å². The Labute approximate surface area is 328 Å². The minimum atomic E-state index is -3.07. The number of hydrogen-bond acceptors (Lipinski definition) is 19. The number of hydrogen-bond donors (Lipinski definition) is 12. The number of aliphatic hydroxyl groups is 8. The number of rotatable bonds is 19. The zero-order valence-electron chi connectivity index (χ0n) is 32.4. The predicted octanol–water partition coefficient (Wildman–Crippen LogP) is -5.22. The topological polar surface area (TPSA) is 359 Å². The Bertz CT molecular complexity index is 1360. The van der Waals surface area contributed by atoms with Crippen molar-refractivity contribution in [1.82, 2.24) is 10.6 Å². The summed E-state index contributed by atoms with van der Waals surface area (Å²) >= 11 is 0. The van der Waals surface area contributed by atoms with E-state index < -0.39 is 162 Å². The molecule has 0 aromatic heterocycles. The van der Waals surface area contributed by atoms with E-state index in [1.54, 1.807) is 0 Å². The molecule has 0 bridgehead atoms. The van der Waals surface area contributed by atoms with Crippen molar-refractivity contribution in [3.05, 3.63) is 0 Å². The van der Waals surface area contributed by atoms with Crippen molar-refractivity contribution in [2.45, 2.75) is 157 Å². The highest BCUT2D eigenvalue weighted by molar-refractivity contribution is 6.76. The fourth-order valence-corrected chi connectivity index (χ4v) is 7.20. The zero-order chi connectivity index (χ0) is 43.2. The Morgan fingerprint density at radius 2 is 1.44 bits per heavy atom. The highest BCUT2D eigenvalue weighted by atomic mass is 28.3. The van der Waals surface area contributed by atoms with Crippen LogP contribution in [0.1, 0.15) is 27.2 Å². The van der Waals surface area contributed by atoms with E-state index >= 15 is 0 Å². The maximum Gasteiger partial charge on any atom is 0.364 e. The number of aliphatic carboxylic acids is 2. The van der Waals surface area contributed by atoms with Gasteiger partial charge in [-0.2, -0.15) is 0 Å².